The smallest absolute Gasteiger partial charge is 0.230 e. The van der Waals surface area contributed by atoms with Gasteiger partial charge in [0.25, 0.3) is 0 Å². The summed E-state index contributed by atoms with van der Waals surface area (Å²) < 4.78 is 15.9. The Labute approximate surface area is 223 Å². The lowest BCUT2D eigenvalue weighted by molar-refractivity contribution is 0.296. The van der Waals surface area contributed by atoms with Crippen molar-refractivity contribution in [2.45, 2.75) is 19.4 Å². The predicted octanol–water partition coefficient (Wildman–Crippen LogP) is 6.14. The highest BCUT2D eigenvalue weighted by Gasteiger charge is 2.38. The molecule has 0 saturated carbocycles. The van der Waals surface area contributed by atoms with Gasteiger partial charge in [-0.05, 0) is 48.9 Å². The number of hydrogen-bond donors (Lipinski definition) is 0. The first-order valence-electron chi connectivity index (χ1n) is 12.2. The zero-order chi connectivity index (χ0) is 25.6. The lowest BCUT2D eigenvalue weighted by Gasteiger charge is -2.26. The van der Waals surface area contributed by atoms with Crippen molar-refractivity contribution in [3.8, 4) is 23.2 Å². The summed E-state index contributed by atoms with van der Waals surface area (Å²) in [7, 11) is 0. The molecule has 0 amide bonds. The molecule has 8 nitrogen and oxygen atoms in total. The van der Waals surface area contributed by atoms with Crippen LogP contribution in [0.2, 0.25) is 5.02 Å². The van der Waals surface area contributed by atoms with Gasteiger partial charge in [0.1, 0.15) is 18.7 Å². The number of nitrogens with zero attached hydrogens (tertiary/aromatic N) is 6. The molecule has 0 unspecified atom stereocenters. The zero-order valence-corrected chi connectivity index (χ0v) is 21.1. The van der Waals surface area contributed by atoms with E-state index in [4.69, 9.17) is 31.2 Å². The number of halogens is 1. The Bertz CT molecular complexity index is 1760. The molecular weight excluding hydrogens is 500 g/mol. The molecule has 4 heterocycles. The fourth-order valence-corrected chi connectivity index (χ4v) is 5.01. The molecule has 186 valence electrons. The average molecular weight is 521 g/mol. The van der Waals surface area contributed by atoms with Crippen molar-refractivity contribution in [1.29, 1.82) is 0 Å². The minimum Gasteiger partial charge on any atom is -0.486 e. The number of rotatable bonds is 5. The summed E-state index contributed by atoms with van der Waals surface area (Å²) >= 11 is 5.99. The Balaban J connectivity index is 1.36. The lowest BCUT2D eigenvalue weighted by atomic mass is 9.84. The molecule has 1 aliphatic rings. The van der Waals surface area contributed by atoms with E-state index in [1.54, 1.807) is 23.0 Å². The van der Waals surface area contributed by atoms with E-state index in [0.29, 0.717) is 34.0 Å². The topological polar surface area (TPSA) is 79.4 Å². The fraction of sp³-hybridized carbons (Fsp3) is 0.103. The molecule has 0 bridgehead atoms. The number of aryl methyl sites for hydroxylation is 1. The second-order valence-electron chi connectivity index (χ2n) is 9.00. The van der Waals surface area contributed by atoms with Gasteiger partial charge in [-0.2, -0.15) is 5.10 Å². The molecular formula is C29H21ClN6O2. The number of fused-ring (bicyclic) bond motifs is 4. The predicted molar refractivity (Wildman–Crippen MR) is 142 cm³/mol. The quantitative estimate of drug-likeness (QED) is 0.271. The van der Waals surface area contributed by atoms with Crippen LogP contribution in [0.25, 0.3) is 11.3 Å². The maximum absolute atomic E-state index is 6.46. The first kappa shape index (κ1) is 22.5. The summed E-state index contributed by atoms with van der Waals surface area (Å²) in [6.07, 6.45) is 1.62. The molecule has 3 aromatic carbocycles. The van der Waals surface area contributed by atoms with Gasteiger partial charge >= 0.3 is 0 Å². The minimum atomic E-state index is -0.196. The number of ether oxygens (including phenoxy) is 2. The van der Waals surface area contributed by atoms with Gasteiger partial charge in [-0.15, -0.1) is 5.10 Å². The Morgan fingerprint density at radius 3 is 2.39 bits per heavy atom. The molecule has 6 aromatic rings. The van der Waals surface area contributed by atoms with Crippen LogP contribution in [0.3, 0.4) is 0 Å². The summed E-state index contributed by atoms with van der Waals surface area (Å²) in [6, 6.07) is 27.4. The maximum atomic E-state index is 6.46. The van der Waals surface area contributed by atoms with Gasteiger partial charge in [-0.3, -0.25) is 0 Å². The molecule has 0 N–H and O–H groups in total. The molecule has 1 aliphatic heterocycles. The van der Waals surface area contributed by atoms with E-state index in [1.165, 1.54) is 0 Å². The number of aromatic nitrogens is 6. The summed E-state index contributed by atoms with van der Waals surface area (Å²) in [6.45, 7) is 2.20. The number of hydrogen-bond acceptors (Lipinski definition) is 6. The Hall–Kier alpha value is -4.69. The monoisotopic (exact) mass is 520 g/mol. The van der Waals surface area contributed by atoms with Crippen molar-refractivity contribution in [2.75, 3.05) is 0 Å². The summed E-state index contributed by atoms with van der Waals surface area (Å²) in [5.74, 6) is 2.15. The largest absolute Gasteiger partial charge is 0.486 e. The van der Waals surface area contributed by atoms with E-state index in [-0.39, 0.29) is 12.5 Å². The maximum Gasteiger partial charge on any atom is 0.230 e. The number of benzene rings is 3. The molecule has 0 spiro atoms. The van der Waals surface area contributed by atoms with Gasteiger partial charge in [0.15, 0.2) is 11.5 Å². The van der Waals surface area contributed by atoms with E-state index in [1.807, 2.05) is 72.3 Å². The summed E-state index contributed by atoms with van der Waals surface area (Å²) in [5.41, 5.74) is 5.35. The highest BCUT2D eigenvalue weighted by molar-refractivity contribution is 6.30. The third-order valence-electron chi connectivity index (χ3n) is 6.58. The number of para-hydroxylation sites is 1. The van der Waals surface area contributed by atoms with Crippen LogP contribution >= 0.6 is 11.6 Å². The molecule has 0 saturated heterocycles. The molecule has 38 heavy (non-hydrogen) atoms. The van der Waals surface area contributed by atoms with Gasteiger partial charge in [0.05, 0.1) is 28.4 Å². The van der Waals surface area contributed by atoms with Crippen LogP contribution in [0.4, 0.5) is 0 Å². The first-order chi connectivity index (χ1) is 18.7. The normalized spacial score (nSPS) is 14.1. The Kier molecular flexibility index (Phi) is 5.33. The van der Waals surface area contributed by atoms with Crippen molar-refractivity contribution in [3.63, 3.8) is 0 Å². The van der Waals surface area contributed by atoms with Crippen LogP contribution in [0.1, 0.15) is 34.1 Å². The van der Waals surface area contributed by atoms with Gasteiger partial charge in [-0.25, -0.2) is 19.2 Å². The van der Waals surface area contributed by atoms with Crippen LogP contribution in [-0.2, 0) is 6.61 Å². The highest BCUT2D eigenvalue weighted by Crippen LogP contribution is 2.49. The van der Waals surface area contributed by atoms with Crippen LogP contribution < -0.4 is 9.47 Å². The van der Waals surface area contributed by atoms with Gasteiger partial charge < -0.3 is 9.47 Å². The van der Waals surface area contributed by atoms with Crippen molar-refractivity contribution in [3.05, 3.63) is 124 Å². The van der Waals surface area contributed by atoms with Gasteiger partial charge in [0, 0.05) is 5.02 Å². The van der Waals surface area contributed by atoms with Crippen LogP contribution in [-0.4, -0.2) is 29.4 Å². The van der Waals surface area contributed by atoms with E-state index in [9.17, 15) is 0 Å². The van der Waals surface area contributed by atoms with Gasteiger partial charge in [-0.1, -0.05) is 60.1 Å². The van der Waals surface area contributed by atoms with E-state index in [2.05, 4.69) is 22.2 Å². The summed E-state index contributed by atoms with van der Waals surface area (Å²) in [4.78, 5) is 9.50. The molecule has 0 aliphatic carbocycles. The molecule has 3 aromatic heterocycles. The molecule has 0 radical (unpaired) electrons. The third-order valence-corrected chi connectivity index (χ3v) is 6.83. The third kappa shape index (κ3) is 3.77. The second-order valence-corrected chi connectivity index (χ2v) is 9.44. The molecule has 1 atom stereocenters. The molecule has 0 fully saturated rings. The van der Waals surface area contributed by atoms with Crippen molar-refractivity contribution < 1.29 is 9.47 Å². The lowest BCUT2D eigenvalue weighted by Crippen LogP contribution is -2.16. The van der Waals surface area contributed by atoms with Crippen LogP contribution in [0.15, 0.2) is 91.3 Å². The highest BCUT2D eigenvalue weighted by atomic mass is 35.5. The Morgan fingerprint density at radius 2 is 1.63 bits per heavy atom. The minimum absolute atomic E-state index is 0.196. The SMILES string of the molecule is Cc1nn(-c2ccccc2)c2c1[C@H](c1ccccc1)c1c(ncn3nc(COc4ccc(Cl)cc4)nc13)O2. The zero-order valence-electron chi connectivity index (χ0n) is 20.3. The summed E-state index contributed by atoms with van der Waals surface area (Å²) in [5, 5.41) is 10.1. The first-order valence-corrected chi connectivity index (χ1v) is 12.5. The van der Waals surface area contributed by atoms with Crippen molar-refractivity contribution in [1.82, 2.24) is 29.4 Å². The molecule has 7 rings (SSSR count). The molecule has 9 heteroatoms. The van der Waals surface area contributed by atoms with Crippen molar-refractivity contribution >= 4 is 17.2 Å². The van der Waals surface area contributed by atoms with Gasteiger partial charge in [0.2, 0.25) is 11.8 Å². The second kappa shape index (κ2) is 9.00. The average Bonchev–Trinajstić information content (AvgIpc) is 3.53. The van der Waals surface area contributed by atoms with E-state index < -0.39 is 0 Å². The standard InChI is InChI=1S/C29H21ClN6O2/c1-18-24-25(19-8-4-2-5-9-19)26-27-32-23(16-37-22-14-12-20(30)13-15-22)34-35(27)17-31-28(26)38-29(24)36(33-18)21-10-6-3-7-11-21/h2-15,17,25H,16H2,1H3/t25-/m0/s1. The Morgan fingerprint density at radius 1 is 0.895 bits per heavy atom. The van der Waals surface area contributed by atoms with E-state index in [0.717, 1.165) is 28.1 Å². The van der Waals surface area contributed by atoms with Crippen molar-refractivity contribution in [2.24, 2.45) is 0 Å². The fourth-order valence-electron chi connectivity index (χ4n) is 4.89. The van der Waals surface area contributed by atoms with Crippen LogP contribution in [0, 0.1) is 6.92 Å². The van der Waals surface area contributed by atoms with E-state index >= 15 is 0 Å². The van der Waals surface area contributed by atoms with Crippen LogP contribution in [0.5, 0.6) is 17.5 Å².